The highest BCUT2D eigenvalue weighted by molar-refractivity contribution is 6.62. The minimum absolute atomic E-state index is 0.283. The van der Waals surface area contributed by atoms with Crippen LogP contribution in [0, 0.1) is 5.41 Å². The van der Waals surface area contributed by atoms with Crippen molar-refractivity contribution >= 4 is 12.6 Å². The van der Waals surface area contributed by atoms with Crippen LogP contribution in [0.4, 0.5) is 0 Å². The van der Waals surface area contributed by atoms with E-state index in [1.165, 1.54) is 36.7 Å². The molecule has 0 atom stereocenters. The molecule has 1 saturated heterocycles. The molecule has 0 unspecified atom stereocenters. The minimum Gasteiger partial charge on any atom is -0.399 e. The Bertz CT molecular complexity index is 615. The van der Waals surface area contributed by atoms with Crippen molar-refractivity contribution in [1.29, 1.82) is 0 Å². The second-order valence-electron chi connectivity index (χ2n) is 10.1. The highest BCUT2D eigenvalue weighted by Crippen LogP contribution is 2.38. The molecule has 1 aliphatic carbocycles. The lowest BCUT2D eigenvalue weighted by molar-refractivity contribution is 0.00578. The van der Waals surface area contributed by atoms with E-state index < -0.39 is 0 Å². The summed E-state index contributed by atoms with van der Waals surface area (Å²) in [6.07, 6.45) is 5.23. The molecule has 1 heterocycles. The lowest BCUT2D eigenvalue weighted by atomic mass is 9.74. The molecule has 3 rings (SSSR count). The normalized spacial score (nSPS) is 25.0. The SMILES string of the molecule is CN(Cc1ccccc1B1OC(C)(C)C(C)(C)O1)C1CCC(C)(C)CC1. The molecule has 1 aromatic rings. The zero-order valence-corrected chi connectivity index (χ0v) is 17.8. The summed E-state index contributed by atoms with van der Waals surface area (Å²) in [4.78, 5) is 2.53. The third-order valence-corrected chi connectivity index (χ3v) is 6.91. The van der Waals surface area contributed by atoms with Crippen LogP contribution in [0.1, 0.15) is 72.8 Å². The van der Waals surface area contributed by atoms with E-state index in [0.29, 0.717) is 11.5 Å². The maximum absolute atomic E-state index is 6.30. The Morgan fingerprint density at radius 1 is 0.962 bits per heavy atom. The van der Waals surface area contributed by atoms with Gasteiger partial charge in [-0.25, -0.2) is 0 Å². The summed E-state index contributed by atoms with van der Waals surface area (Å²) in [5, 5.41) is 0. The van der Waals surface area contributed by atoms with Crippen molar-refractivity contribution in [2.24, 2.45) is 5.41 Å². The smallest absolute Gasteiger partial charge is 0.399 e. The molecule has 0 bridgehead atoms. The van der Waals surface area contributed by atoms with E-state index in [1.807, 2.05) is 0 Å². The Balaban J connectivity index is 1.72. The van der Waals surface area contributed by atoms with Gasteiger partial charge in [-0.15, -0.1) is 0 Å². The predicted octanol–water partition coefficient (Wildman–Crippen LogP) is 4.39. The standard InChI is InChI=1S/C22H36BNO2/c1-20(2)14-12-18(13-15-20)24(7)16-17-10-8-9-11-19(17)23-25-21(3,4)22(5,6)26-23/h8-11,18H,12-16H2,1-7H3. The highest BCUT2D eigenvalue weighted by atomic mass is 16.7. The third-order valence-electron chi connectivity index (χ3n) is 6.91. The van der Waals surface area contributed by atoms with Crippen LogP contribution in [0.2, 0.25) is 0 Å². The fourth-order valence-corrected chi connectivity index (χ4v) is 4.10. The number of benzene rings is 1. The number of nitrogens with zero attached hydrogens (tertiary/aromatic N) is 1. The molecule has 0 aromatic heterocycles. The van der Waals surface area contributed by atoms with Crippen molar-refractivity contribution in [2.45, 2.75) is 91.0 Å². The van der Waals surface area contributed by atoms with Crippen molar-refractivity contribution in [1.82, 2.24) is 4.90 Å². The first-order valence-electron chi connectivity index (χ1n) is 10.1. The summed E-state index contributed by atoms with van der Waals surface area (Å²) >= 11 is 0. The van der Waals surface area contributed by atoms with E-state index in [0.717, 1.165) is 6.54 Å². The van der Waals surface area contributed by atoms with Gasteiger partial charge in [0.05, 0.1) is 11.2 Å². The minimum atomic E-state index is -0.300. The van der Waals surface area contributed by atoms with Gasteiger partial charge in [0.1, 0.15) is 0 Å². The molecule has 26 heavy (non-hydrogen) atoms. The molecule has 1 aliphatic heterocycles. The monoisotopic (exact) mass is 357 g/mol. The first-order valence-corrected chi connectivity index (χ1v) is 10.1. The van der Waals surface area contributed by atoms with Gasteiger partial charge in [-0.2, -0.15) is 0 Å². The molecule has 1 saturated carbocycles. The molecular formula is C22H36BNO2. The van der Waals surface area contributed by atoms with Crippen molar-refractivity contribution in [3.63, 3.8) is 0 Å². The molecule has 0 spiro atoms. The Morgan fingerprint density at radius 2 is 1.50 bits per heavy atom. The Kier molecular flexibility index (Phi) is 5.33. The third kappa shape index (κ3) is 4.03. The van der Waals surface area contributed by atoms with E-state index >= 15 is 0 Å². The second kappa shape index (κ2) is 6.96. The van der Waals surface area contributed by atoms with Gasteiger partial charge < -0.3 is 9.31 Å². The summed E-state index contributed by atoms with van der Waals surface area (Å²) in [6.45, 7) is 14.2. The molecule has 0 radical (unpaired) electrons. The van der Waals surface area contributed by atoms with Gasteiger partial charge in [-0.1, -0.05) is 38.1 Å². The average Bonchev–Trinajstić information content (AvgIpc) is 2.75. The Hall–Kier alpha value is -0.835. The molecule has 2 fully saturated rings. The number of rotatable bonds is 4. The summed E-state index contributed by atoms with van der Waals surface area (Å²) in [5.74, 6) is 0. The van der Waals surface area contributed by atoms with Gasteiger partial charge in [0.25, 0.3) is 0 Å². The number of hydrogen-bond donors (Lipinski definition) is 0. The van der Waals surface area contributed by atoms with Crippen LogP contribution in [-0.2, 0) is 15.9 Å². The molecule has 4 heteroatoms. The summed E-state index contributed by atoms with van der Waals surface area (Å²) < 4.78 is 12.6. The van der Waals surface area contributed by atoms with Crippen molar-refractivity contribution in [3.8, 4) is 0 Å². The van der Waals surface area contributed by atoms with E-state index in [1.54, 1.807) is 0 Å². The molecule has 0 amide bonds. The summed E-state index contributed by atoms with van der Waals surface area (Å²) in [5.41, 5.74) is 2.40. The van der Waals surface area contributed by atoms with Crippen LogP contribution in [-0.4, -0.2) is 36.3 Å². The molecular weight excluding hydrogens is 321 g/mol. The van der Waals surface area contributed by atoms with Gasteiger partial charge >= 0.3 is 7.12 Å². The quantitative estimate of drug-likeness (QED) is 0.746. The summed E-state index contributed by atoms with van der Waals surface area (Å²) in [6, 6.07) is 9.28. The van der Waals surface area contributed by atoms with Crippen molar-refractivity contribution in [3.05, 3.63) is 29.8 Å². The van der Waals surface area contributed by atoms with Crippen LogP contribution in [0.25, 0.3) is 0 Å². The topological polar surface area (TPSA) is 21.7 Å². The van der Waals surface area contributed by atoms with Crippen LogP contribution in [0.3, 0.4) is 0 Å². The fourth-order valence-electron chi connectivity index (χ4n) is 4.10. The van der Waals surface area contributed by atoms with E-state index in [9.17, 15) is 0 Å². The van der Waals surface area contributed by atoms with Gasteiger partial charge in [0.15, 0.2) is 0 Å². The lowest BCUT2D eigenvalue weighted by Crippen LogP contribution is -2.41. The van der Waals surface area contributed by atoms with Gasteiger partial charge in [0.2, 0.25) is 0 Å². The largest absolute Gasteiger partial charge is 0.495 e. The zero-order valence-electron chi connectivity index (χ0n) is 17.8. The van der Waals surface area contributed by atoms with E-state index in [-0.39, 0.29) is 18.3 Å². The Labute approximate surface area is 160 Å². The first-order chi connectivity index (χ1) is 12.0. The zero-order chi connectivity index (χ0) is 19.2. The predicted molar refractivity (Wildman–Crippen MR) is 110 cm³/mol. The van der Waals surface area contributed by atoms with Crippen molar-refractivity contribution < 1.29 is 9.31 Å². The van der Waals surface area contributed by atoms with E-state index in [4.69, 9.17) is 9.31 Å². The molecule has 2 aliphatic rings. The molecule has 3 nitrogen and oxygen atoms in total. The van der Waals surface area contributed by atoms with Crippen LogP contribution < -0.4 is 5.46 Å². The van der Waals surface area contributed by atoms with Gasteiger partial charge in [-0.05, 0) is 76.9 Å². The van der Waals surface area contributed by atoms with Gasteiger partial charge in [0, 0.05) is 12.6 Å². The lowest BCUT2D eigenvalue weighted by Gasteiger charge is -2.38. The first kappa shape index (κ1) is 19.9. The molecule has 144 valence electrons. The van der Waals surface area contributed by atoms with E-state index in [2.05, 4.69) is 77.8 Å². The van der Waals surface area contributed by atoms with Crippen LogP contribution in [0.5, 0.6) is 0 Å². The fraction of sp³-hybridized carbons (Fsp3) is 0.727. The molecule has 0 N–H and O–H groups in total. The maximum atomic E-state index is 6.30. The van der Waals surface area contributed by atoms with Crippen molar-refractivity contribution in [2.75, 3.05) is 7.05 Å². The maximum Gasteiger partial charge on any atom is 0.495 e. The summed E-state index contributed by atoms with van der Waals surface area (Å²) in [7, 11) is 1.99. The average molecular weight is 357 g/mol. The van der Waals surface area contributed by atoms with Crippen LogP contribution >= 0.6 is 0 Å². The Morgan fingerprint density at radius 3 is 2.08 bits per heavy atom. The van der Waals surface area contributed by atoms with Gasteiger partial charge in [-0.3, -0.25) is 4.90 Å². The molecule has 1 aromatic carbocycles. The number of hydrogen-bond acceptors (Lipinski definition) is 3. The van der Waals surface area contributed by atoms with Crippen LogP contribution in [0.15, 0.2) is 24.3 Å². The second-order valence-corrected chi connectivity index (χ2v) is 10.1. The highest BCUT2D eigenvalue weighted by Gasteiger charge is 2.52.